The first kappa shape index (κ1) is 20.8. The van der Waals surface area contributed by atoms with Crippen LogP contribution in [0.4, 0.5) is 0 Å². The van der Waals surface area contributed by atoms with Crippen molar-refractivity contribution in [3.63, 3.8) is 0 Å². The van der Waals surface area contributed by atoms with Crippen molar-refractivity contribution in [2.24, 2.45) is 10.7 Å². The summed E-state index contributed by atoms with van der Waals surface area (Å²) < 4.78 is 11.0. The highest BCUT2D eigenvalue weighted by atomic mass is 16.5. The topological polar surface area (TPSA) is 72.1 Å². The Morgan fingerprint density at radius 1 is 1.29 bits per heavy atom. The zero-order chi connectivity index (χ0) is 20.1. The highest BCUT2D eigenvalue weighted by Crippen LogP contribution is 2.49. The van der Waals surface area contributed by atoms with Gasteiger partial charge in [-0.3, -0.25) is 4.99 Å². The number of hydrogen-bond donors (Lipinski definition) is 2. The molecule has 0 radical (unpaired) electrons. The summed E-state index contributed by atoms with van der Waals surface area (Å²) >= 11 is 0. The highest BCUT2D eigenvalue weighted by Gasteiger charge is 2.50. The predicted molar refractivity (Wildman–Crippen MR) is 114 cm³/mol. The normalized spacial score (nSPS) is 28.1. The fourth-order valence-corrected chi connectivity index (χ4v) is 5.01. The molecule has 1 aliphatic carbocycles. The van der Waals surface area contributed by atoms with Gasteiger partial charge in [0.15, 0.2) is 17.5 Å². The van der Waals surface area contributed by atoms with E-state index < -0.39 is 0 Å². The van der Waals surface area contributed by atoms with Gasteiger partial charge in [0.25, 0.3) is 0 Å². The Morgan fingerprint density at radius 3 is 2.79 bits per heavy atom. The van der Waals surface area contributed by atoms with Crippen LogP contribution < -0.4 is 20.5 Å². The van der Waals surface area contributed by atoms with Crippen molar-refractivity contribution in [3.8, 4) is 11.5 Å². The molecule has 6 heteroatoms. The molecule has 3 rings (SSSR count). The van der Waals surface area contributed by atoms with E-state index in [2.05, 4.69) is 41.3 Å². The molecule has 0 unspecified atom stereocenters. The summed E-state index contributed by atoms with van der Waals surface area (Å²) in [6, 6.07) is 7.31. The molecular formula is C22H36N4O2. The van der Waals surface area contributed by atoms with Crippen molar-refractivity contribution in [1.82, 2.24) is 10.2 Å². The van der Waals surface area contributed by atoms with E-state index >= 15 is 0 Å². The van der Waals surface area contributed by atoms with Gasteiger partial charge in [-0.05, 0) is 63.4 Å². The van der Waals surface area contributed by atoms with Gasteiger partial charge in [0.05, 0.1) is 14.2 Å². The van der Waals surface area contributed by atoms with E-state index in [0.717, 1.165) is 56.7 Å². The van der Waals surface area contributed by atoms with Crippen LogP contribution in [0.3, 0.4) is 0 Å². The quantitative estimate of drug-likeness (QED) is 0.427. The number of benzene rings is 1. The summed E-state index contributed by atoms with van der Waals surface area (Å²) in [6.45, 7) is 4.09. The molecule has 6 nitrogen and oxygen atoms in total. The molecule has 3 N–H and O–H groups in total. The number of guanidine groups is 1. The fraction of sp³-hybridized carbons (Fsp3) is 0.682. The van der Waals surface area contributed by atoms with Crippen LogP contribution in [-0.4, -0.2) is 57.3 Å². The number of nitrogens with one attached hydrogen (secondary N) is 1. The number of hydrogen-bond acceptors (Lipinski definition) is 4. The minimum atomic E-state index is 0.167. The number of unbranched alkanes of at least 4 members (excludes halogenated alkanes) is 1. The summed E-state index contributed by atoms with van der Waals surface area (Å²) in [5.74, 6) is 2.20. The number of aliphatic imine (C=N–C) groups is 1. The molecule has 0 amide bonds. The van der Waals surface area contributed by atoms with Crippen LogP contribution in [0.25, 0.3) is 0 Å². The second kappa shape index (κ2) is 9.03. The number of likely N-dealkylation sites (N-methyl/N-ethyl adjacent to an activating group) is 1. The van der Waals surface area contributed by atoms with E-state index in [-0.39, 0.29) is 5.41 Å². The molecule has 1 aromatic carbocycles. The zero-order valence-electron chi connectivity index (χ0n) is 17.8. The van der Waals surface area contributed by atoms with Gasteiger partial charge in [0.2, 0.25) is 0 Å². The summed E-state index contributed by atoms with van der Waals surface area (Å²) in [5.41, 5.74) is 7.66. The number of methoxy groups -OCH3 is 2. The lowest BCUT2D eigenvalue weighted by Gasteiger charge is -2.45. The van der Waals surface area contributed by atoms with E-state index in [4.69, 9.17) is 15.2 Å². The first-order valence-electron chi connectivity index (χ1n) is 10.5. The van der Waals surface area contributed by atoms with E-state index in [1.165, 1.54) is 12.0 Å². The van der Waals surface area contributed by atoms with Gasteiger partial charge in [-0.25, -0.2) is 0 Å². The Kier molecular flexibility index (Phi) is 6.70. The lowest BCUT2D eigenvalue weighted by Crippen LogP contribution is -2.52. The molecule has 156 valence electrons. The van der Waals surface area contributed by atoms with Gasteiger partial charge in [0, 0.05) is 24.0 Å². The van der Waals surface area contributed by atoms with Crippen LogP contribution in [-0.2, 0) is 5.41 Å². The van der Waals surface area contributed by atoms with Crippen LogP contribution >= 0.6 is 0 Å². The SMILES string of the molecule is CCCCN=C(N)N[C@H]1CC[C@@]2(c3ccc(OC)c(OC)c3)CCN(C)[C@@H]2C1. The van der Waals surface area contributed by atoms with E-state index in [9.17, 15) is 0 Å². The first-order valence-corrected chi connectivity index (χ1v) is 10.5. The lowest BCUT2D eigenvalue weighted by molar-refractivity contribution is 0.161. The van der Waals surface area contributed by atoms with Gasteiger partial charge in [-0.2, -0.15) is 0 Å². The Labute approximate surface area is 169 Å². The molecule has 1 aliphatic heterocycles. The van der Waals surface area contributed by atoms with Crippen molar-refractivity contribution in [2.75, 3.05) is 34.4 Å². The minimum Gasteiger partial charge on any atom is -0.493 e. The fourth-order valence-electron chi connectivity index (χ4n) is 5.01. The Hall–Kier alpha value is -1.95. The molecule has 2 fully saturated rings. The average molecular weight is 389 g/mol. The molecule has 0 aromatic heterocycles. The summed E-state index contributed by atoms with van der Waals surface area (Å²) in [6.07, 6.45) is 6.72. The second-order valence-electron chi connectivity index (χ2n) is 8.21. The number of nitrogens with zero attached hydrogens (tertiary/aromatic N) is 2. The summed E-state index contributed by atoms with van der Waals surface area (Å²) in [5, 5.41) is 3.48. The summed E-state index contributed by atoms with van der Waals surface area (Å²) in [4.78, 5) is 6.98. The molecule has 0 spiro atoms. The van der Waals surface area contributed by atoms with Crippen molar-refractivity contribution in [1.29, 1.82) is 0 Å². The maximum atomic E-state index is 6.13. The maximum absolute atomic E-state index is 6.13. The standard InChI is InChI=1S/C22H36N4O2/c1-5-6-12-24-21(23)25-17-9-10-22(11-13-26(2)20(22)15-17)16-7-8-18(27-3)19(14-16)28-4/h7-8,14,17,20H,5-6,9-13,15H2,1-4H3,(H3,23,24,25)/t17-,20+,22-/m0/s1. The van der Waals surface area contributed by atoms with E-state index in [1.807, 2.05) is 6.07 Å². The van der Waals surface area contributed by atoms with E-state index in [1.54, 1.807) is 14.2 Å². The molecular weight excluding hydrogens is 352 g/mol. The monoisotopic (exact) mass is 388 g/mol. The third kappa shape index (κ3) is 4.07. The smallest absolute Gasteiger partial charge is 0.188 e. The lowest BCUT2D eigenvalue weighted by atomic mass is 9.65. The van der Waals surface area contributed by atoms with Crippen molar-refractivity contribution < 1.29 is 9.47 Å². The highest BCUT2D eigenvalue weighted by molar-refractivity contribution is 5.78. The first-order chi connectivity index (χ1) is 13.5. The van der Waals surface area contributed by atoms with Crippen LogP contribution in [0.15, 0.2) is 23.2 Å². The number of likely N-dealkylation sites (tertiary alicyclic amines) is 1. The number of nitrogens with two attached hydrogens (primary N) is 1. The number of fused-ring (bicyclic) bond motifs is 1. The van der Waals surface area contributed by atoms with Crippen molar-refractivity contribution >= 4 is 5.96 Å². The molecule has 1 heterocycles. The van der Waals surface area contributed by atoms with Gasteiger partial charge in [-0.1, -0.05) is 19.4 Å². The molecule has 0 bridgehead atoms. The largest absolute Gasteiger partial charge is 0.493 e. The van der Waals surface area contributed by atoms with Gasteiger partial charge in [0.1, 0.15) is 0 Å². The molecule has 1 saturated carbocycles. The Balaban J connectivity index is 1.77. The van der Waals surface area contributed by atoms with Crippen LogP contribution in [0.5, 0.6) is 11.5 Å². The minimum absolute atomic E-state index is 0.167. The van der Waals surface area contributed by atoms with Crippen molar-refractivity contribution in [2.45, 2.75) is 62.9 Å². The van der Waals surface area contributed by atoms with Gasteiger partial charge < -0.3 is 25.4 Å². The van der Waals surface area contributed by atoms with Gasteiger partial charge in [-0.15, -0.1) is 0 Å². The predicted octanol–water partition coefficient (Wildman–Crippen LogP) is 2.90. The molecule has 3 atom stereocenters. The average Bonchev–Trinajstić information content (AvgIpc) is 3.05. The third-order valence-electron chi connectivity index (χ3n) is 6.63. The maximum Gasteiger partial charge on any atom is 0.188 e. The Morgan fingerprint density at radius 2 is 2.07 bits per heavy atom. The number of ether oxygens (including phenoxy) is 2. The molecule has 1 aromatic rings. The van der Waals surface area contributed by atoms with Gasteiger partial charge >= 0.3 is 0 Å². The van der Waals surface area contributed by atoms with Crippen LogP contribution in [0.1, 0.15) is 51.0 Å². The van der Waals surface area contributed by atoms with Crippen LogP contribution in [0, 0.1) is 0 Å². The second-order valence-corrected chi connectivity index (χ2v) is 8.21. The zero-order valence-corrected chi connectivity index (χ0v) is 17.8. The van der Waals surface area contributed by atoms with Crippen LogP contribution in [0.2, 0.25) is 0 Å². The van der Waals surface area contributed by atoms with E-state index in [0.29, 0.717) is 18.0 Å². The summed E-state index contributed by atoms with van der Waals surface area (Å²) in [7, 11) is 5.64. The number of rotatable bonds is 7. The third-order valence-corrected chi connectivity index (χ3v) is 6.63. The molecule has 2 aliphatic rings. The molecule has 1 saturated heterocycles. The van der Waals surface area contributed by atoms with Crippen molar-refractivity contribution in [3.05, 3.63) is 23.8 Å². The molecule has 28 heavy (non-hydrogen) atoms. The Bertz CT molecular complexity index is 693.